The maximum atomic E-state index is 2.42. The molecule has 1 nitrogen and oxygen atoms in total. The minimum atomic E-state index is 1.18. The largest absolute Gasteiger partial charge is 0.309 e. The van der Waals surface area contributed by atoms with Gasteiger partial charge in [0.25, 0.3) is 0 Å². The Morgan fingerprint density at radius 2 is 0.933 bits per heavy atom. The molecule has 212 valence electrons. The van der Waals surface area contributed by atoms with Gasteiger partial charge in [0, 0.05) is 16.5 Å². The fraction of sp³-hybridized carbons (Fsp3) is 0.0455. The molecule has 1 aromatic heterocycles. The van der Waals surface area contributed by atoms with Crippen LogP contribution >= 0.6 is 0 Å². The Hall–Kier alpha value is -5.66. The molecule has 0 saturated carbocycles. The smallest absolute Gasteiger partial charge is 0.0541 e. The molecule has 8 aromatic carbocycles. The summed E-state index contributed by atoms with van der Waals surface area (Å²) in [6, 6.07) is 56.0. The average molecular weight is 574 g/mol. The maximum Gasteiger partial charge on any atom is 0.0541 e. The minimum Gasteiger partial charge on any atom is -0.309 e. The van der Waals surface area contributed by atoms with E-state index in [1.54, 1.807) is 0 Å². The van der Waals surface area contributed by atoms with E-state index < -0.39 is 0 Å². The maximum absolute atomic E-state index is 2.42. The second kappa shape index (κ2) is 9.94. The lowest BCUT2D eigenvalue weighted by Gasteiger charge is -2.19. The van der Waals surface area contributed by atoms with Crippen LogP contribution in [0.25, 0.3) is 82.1 Å². The fourth-order valence-corrected chi connectivity index (χ4v) is 7.41. The number of aryl methyl sites for hydroxylation is 2. The van der Waals surface area contributed by atoms with Gasteiger partial charge in [-0.15, -0.1) is 0 Å². The molecule has 0 bridgehead atoms. The Balaban J connectivity index is 1.39. The van der Waals surface area contributed by atoms with Crippen LogP contribution in [0.4, 0.5) is 0 Å². The summed E-state index contributed by atoms with van der Waals surface area (Å²) < 4.78 is 2.39. The molecule has 1 heterocycles. The van der Waals surface area contributed by atoms with Gasteiger partial charge in [-0.3, -0.25) is 0 Å². The van der Waals surface area contributed by atoms with Crippen LogP contribution in [0.5, 0.6) is 0 Å². The van der Waals surface area contributed by atoms with Gasteiger partial charge in [0.2, 0.25) is 0 Å². The number of benzene rings is 8. The van der Waals surface area contributed by atoms with Crippen LogP contribution in [0.15, 0.2) is 152 Å². The molecule has 0 radical (unpaired) electrons. The highest BCUT2D eigenvalue weighted by Crippen LogP contribution is 2.46. The molecular weight excluding hydrogens is 542 g/mol. The van der Waals surface area contributed by atoms with E-state index in [2.05, 4.69) is 170 Å². The van der Waals surface area contributed by atoms with E-state index in [1.165, 1.54) is 93.2 Å². The summed E-state index contributed by atoms with van der Waals surface area (Å²) in [5, 5.41) is 10.2. The van der Waals surface area contributed by atoms with E-state index in [9.17, 15) is 0 Å². The van der Waals surface area contributed by atoms with Crippen LogP contribution in [-0.2, 0) is 0 Å². The van der Waals surface area contributed by atoms with Crippen LogP contribution in [0.3, 0.4) is 0 Å². The third kappa shape index (κ3) is 4.01. The van der Waals surface area contributed by atoms with E-state index in [1.807, 2.05) is 0 Å². The van der Waals surface area contributed by atoms with Crippen LogP contribution in [-0.4, -0.2) is 4.57 Å². The summed E-state index contributed by atoms with van der Waals surface area (Å²) in [4.78, 5) is 0. The molecule has 0 aliphatic heterocycles. The number of rotatable bonds is 3. The Kier molecular flexibility index (Phi) is 5.70. The van der Waals surface area contributed by atoms with Gasteiger partial charge in [-0.05, 0) is 105 Å². The van der Waals surface area contributed by atoms with Gasteiger partial charge in [-0.1, -0.05) is 126 Å². The summed E-state index contributed by atoms with van der Waals surface area (Å²) in [5.41, 5.74) is 11.3. The standard InChI is InChI=1S/C44H31N/c1-28-17-22-37-39(24-28)43(32-19-18-30-10-6-7-11-31(30)26-32)36-21-16-29(2)25-40(36)44(37)33-20-23-42-38(27-33)35-14-8-9-15-41(35)45(42)34-12-4-3-5-13-34/h3-27H,1-2H3. The molecule has 0 unspecified atom stereocenters. The monoisotopic (exact) mass is 573 g/mol. The average Bonchev–Trinajstić information content (AvgIpc) is 3.41. The Bertz CT molecular complexity index is 2600. The van der Waals surface area contributed by atoms with Crippen molar-refractivity contribution in [1.82, 2.24) is 4.57 Å². The first-order valence-corrected chi connectivity index (χ1v) is 15.7. The molecule has 0 aliphatic rings. The molecule has 0 N–H and O–H groups in total. The van der Waals surface area contributed by atoms with Crippen molar-refractivity contribution >= 4 is 54.1 Å². The van der Waals surface area contributed by atoms with Gasteiger partial charge in [0.05, 0.1) is 11.0 Å². The number of hydrogen-bond donors (Lipinski definition) is 0. The number of aromatic nitrogens is 1. The number of hydrogen-bond acceptors (Lipinski definition) is 0. The van der Waals surface area contributed by atoms with Gasteiger partial charge < -0.3 is 4.57 Å². The zero-order chi connectivity index (χ0) is 30.1. The van der Waals surface area contributed by atoms with Crippen molar-refractivity contribution in [3.8, 4) is 27.9 Å². The van der Waals surface area contributed by atoms with Gasteiger partial charge in [-0.25, -0.2) is 0 Å². The lowest BCUT2D eigenvalue weighted by molar-refractivity contribution is 1.18. The van der Waals surface area contributed by atoms with E-state index in [-0.39, 0.29) is 0 Å². The number of nitrogens with zero attached hydrogens (tertiary/aromatic N) is 1. The highest BCUT2D eigenvalue weighted by Gasteiger charge is 2.19. The van der Waals surface area contributed by atoms with Gasteiger partial charge in [0.1, 0.15) is 0 Å². The normalized spacial score (nSPS) is 11.8. The molecule has 1 heteroatoms. The minimum absolute atomic E-state index is 1.18. The summed E-state index contributed by atoms with van der Waals surface area (Å²) in [6.45, 7) is 4.40. The third-order valence-electron chi connectivity index (χ3n) is 9.44. The van der Waals surface area contributed by atoms with E-state index in [0.29, 0.717) is 0 Å². The van der Waals surface area contributed by atoms with Crippen molar-refractivity contribution in [3.05, 3.63) is 163 Å². The van der Waals surface area contributed by atoms with Gasteiger partial charge in [-0.2, -0.15) is 0 Å². The first-order chi connectivity index (χ1) is 22.1. The lowest BCUT2D eigenvalue weighted by atomic mass is 9.84. The predicted octanol–water partition coefficient (Wildman–Crippen LogP) is 12.2. The highest BCUT2D eigenvalue weighted by atomic mass is 15.0. The van der Waals surface area contributed by atoms with Crippen molar-refractivity contribution < 1.29 is 0 Å². The van der Waals surface area contributed by atoms with E-state index >= 15 is 0 Å². The van der Waals surface area contributed by atoms with Crippen LogP contribution < -0.4 is 0 Å². The third-order valence-corrected chi connectivity index (χ3v) is 9.44. The summed E-state index contributed by atoms with van der Waals surface area (Å²) >= 11 is 0. The number of para-hydroxylation sites is 2. The summed E-state index contributed by atoms with van der Waals surface area (Å²) in [6.07, 6.45) is 0. The van der Waals surface area contributed by atoms with Crippen LogP contribution in [0, 0.1) is 13.8 Å². The van der Waals surface area contributed by atoms with Crippen molar-refractivity contribution in [2.45, 2.75) is 13.8 Å². The molecule has 0 atom stereocenters. The molecule has 0 saturated heterocycles. The molecule has 45 heavy (non-hydrogen) atoms. The first kappa shape index (κ1) is 25.8. The van der Waals surface area contributed by atoms with Crippen LogP contribution in [0.1, 0.15) is 11.1 Å². The first-order valence-electron chi connectivity index (χ1n) is 15.7. The Morgan fingerprint density at radius 1 is 0.356 bits per heavy atom. The predicted molar refractivity (Wildman–Crippen MR) is 194 cm³/mol. The van der Waals surface area contributed by atoms with Crippen molar-refractivity contribution in [2.24, 2.45) is 0 Å². The van der Waals surface area contributed by atoms with Crippen LogP contribution in [0.2, 0.25) is 0 Å². The van der Waals surface area contributed by atoms with Gasteiger partial charge >= 0.3 is 0 Å². The van der Waals surface area contributed by atoms with E-state index in [4.69, 9.17) is 0 Å². The molecular formula is C44H31N. The topological polar surface area (TPSA) is 4.93 Å². The quantitative estimate of drug-likeness (QED) is 0.185. The SMILES string of the molecule is Cc1ccc2c(-c3ccc4c(c3)c3ccccc3n4-c3ccccc3)c3cc(C)ccc3c(-c3ccc4ccccc4c3)c2c1. The zero-order valence-electron chi connectivity index (χ0n) is 25.4. The van der Waals surface area contributed by atoms with Crippen molar-refractivity contribution in [1.29, 1.82) is 0 Å². The molecule has 0 amide bonds. The summed E-state index contributed by atoms with van der Waals surface area (Å²) in [5.74, 6) is 0. The highest BCUT2D eigenvalue weighted by molar-refractivity contribution is 6.23. The molecule has 9 rings (SSSR count). The molecule has 0 spiro atoms. The number of fused-ring (bicyclic) bond motifs is 6. The van der Waals surface area contributed by atoms with Crippen molar-refractivity contribution in [2.75, 3.05) is 0 Å². The van der Waals surface area contributed by atoms with Crippen molar-refractivity contribution in [3.63, 3.8) is 0 Å². The second-order valence-electron chi connectivity index (χ2n) is 12.3. The Labute approximate surface area is 262 Å². The molecule has 9 aromatic rings. The fourth-order valence-electron chi connectivity index (χ4n) is 7.41. The Morgan fingerprint density at radius 3 is 1.67 bits per heavy atom. The second-order valence-corrected chi connectivity index (χ2v) is 12.3. The zero-order valence-corrected chi connectivity index (χ0v) is 25.4. The lowest BCUT2D eigenvalue weighted by Crippen LogP contribution is -1.94. The van der Waals surface area contributed by atoms with Gasteiger partial charge in [0.15, 0.2) is 0 Å². The molecule has 0 fully saturated rings. The molecule has 0 aliphatic carbocycles. The van der Waals surface area contributed by atoms with E-state index in [0.717, 1.165) is 0 Å². The summed E-state index contributed by atoms with van der Waals surface area (Å²) in [7, 11) is 0.